The number of benzene rings is 2. The molecule has 0 fully saturated rings. The van der Waals surface area contributed by atoms with E-state index in [0.717, 1.165) is 12.1 Å². The van der Waals surface area contributed by atoms with Crippen molar-refractivity contribution in [1.82, 2.24) is 4.72 Å². The van der Waals surface area contributed by atoms with Crippen molar-refractivity contribution in [3.05, 3.63) is 59.4 Å². The van der Waals surface area contributed by atoms with Gasteiger partial charge in [-0.15, -0.1) is 0 Å². The van der Waals surface area contributed by atoms with Crippen LogP contribution in [0.3, 0.4) is 0 Å². The molecule has 1 atom stereocenters. The Kier molecular flexibility index (Phi) is 6.04. The monoisotopic (exact) mass is 386 g/mol. The second kappa shape index (κ2) is 7.88. The van der Waals surface area contributed by atoms with Gasteiger partial charge < -0.3 is 5.32 Å². The molecule has 1 amide bonds. The van der Waals surface area contributed by atoms with Gasteiger partial charge in [0.25, 0.3) is 5.91 Å². The van der Waals surface area contributed by atoms with E-state index in [1.165, 1.54) is 18.2 Å². The van der Waals surface area contributed by atoms with Gasteiger partial charge in [-0.2, -0.15) is 0 Å². The van der Waals surface area contributed by atoms with Crippen LogP contribution >= 0.6 is 0 Å². The lowest BCUT2D eigenvalue weighted by atomic mass is 10.2. The Morgan fingerprint density at radius 1 is 1.12 bits per heavy atom. The molecule has 26 heavy (non-hydrogen) atoms. The van der Waals surface area contributed by atoms with Crippen molar-refractivity contribution in [2.45, 2.75) is 31.2 Å². The second-order valence-electron chi connectivity index (χ2n) is 5.64. The van der Waals surface area contributed by atoms with Crippen LogP contribution < -0.4 is 10.0 Å². The highest BCUT2D eigenvalue weighted by atomic mass is 32.2. The maximum absolute atomic E-state index is 13.7. The van der Waals surface area contributed by atoms with Crippen molar-refractivity contribution in [2.75, 3.05) is 5.32 Å². The first-order valence-electron chi connectivity index (χ1n) is 7.73. The SMILES string of the molecule is CCC(C)NS(=O)(=O)c1cccc(C(=O)Nc2ccc(F)c(F)c2F)c1. The number of carbonyl (C=O) groups is 1. The molecule has 0 bridgehead atoms. The molecule has 0 aliphatic carbocycles. The average Bonchev–Trinajstić information content (AvgIpc) is 2.61. The van der Waals surface area contributed by atoms with Crippen molar-refractivity contribution in [3.63, 3.8) is 0 Å². The summed E-state index contributed by atoms with van der Waals surface area (Å²) in [5, 5.41) is 2.09. The number of nitrogens with one attached hydrogen (secondary N) is 2. The number of carbonyl (C=O) groups excluding carboxylic acids is 1. The van der Waals surface area contributed by atoms with Crippen LogP contribution in [-0.4, -0.2) is 20.4 Å². The van der Waals surface area contributed by atoms with Gasteiger partial charge in [-0.1, -0.05) is 13.0 Å². The third-order valence-electron chi connectivity index (χ3n) is 3.66. The predicted octanol–water partition coefficient (Wildman–Crippen LogP) is 3.43. The van der Waals surface area contributed by atoms with Crippen LogP contribution in [0.5, 0.6) is 0 Å². The minimum absolute atomic E-state index is 0.0823. The normalized spacial score (nSPS) is 12.7. The molecule has 2 aromatic rings. The highest BCUT2D eigenvalue weighted by Crippen LogP contribution is 2.21. The Labute approximate surface area is 149 Å². The van der Waals surface area contributed by atoms with Gasteiger partial charge in [-0.05, 0) is 43.7 Å². The number of anilines is 1. The number of hydrogen-bond donors (Lipinski definition) is 2. The molecule has 0 aliphatic heterocycles. The van der Waals surface area contributed by atoms with Gasteiger partial charge in [-0.3, -0.25) is 4.79 Å². The first kappa shape index (κ1) is 19.9. The molecule has 0 saturated heterocycles. The molecular formula is C17H17F3N2O3S. The summed E-state index contributed by atoms with van der Waals surface area (Å²) in [6.45, 7) is 3.51. The molecule has 2 rings (SSSR count). The summed E-state index contributed by atoms with van der Waals surface area (Å²) in [6, 6.07) is 6.32. The van der Waals surface area contributed by atoms with Gasteiger partial charge >= 0.3 is 0 Å². The van der Waals surface area contributed by atoms with E-state index in [1.54, 1.807) is 6.92 Å². The zero-order chi connectivity index (χ0) is 19.5. The van der Waals surface area contributed by atoms with Crippen LogP contribution in [0.15, 0.2) is 41.3 Å². The van der Waals surface area contributed by atoms with Crippen LogP contribution in [-0.2, 0) is 10.0 Å². The third kappa shape index (κ3) is 4.41. The maximum Gasteiger partial charge on any atom is 0.255 e. The Morgan fingerprint density at radius 2 is 1.81 bits per heavy atom. The van der Waals surface area contributed by atoms with Crippen LogP contribution in [0, 0.1) is 17.5 Å². The summed E-state index contributed by atoms with van der Waals surface area (Å²) in [5.41, 5.74) is -0.638. The van der Waals surface area contributed by atoms with Crippen LogP contribution in [0.25, 0.3) is 0 Å². The van der Waals surface area contributed by atoms with Crippen molar-refractivity contribution in [3.8, 4) is 0 Å². The summed E-state index contributed by atoms with van der Waals surface area (Å²) < 4.78 is 66.8. The quantitative estimate of drug-likeness (QED) is 0.747. The minimum atomic E-state index is -3.83. The molecule has 0 spiro atoms. The van der Waals surface area contributed by atoms with Crippen LogP contribution in [0.4, 0.5) is 18.9 Å². The van der Waals surface area contributed by atoms with Gasteiger partial charge in [0.15, 0.2) is 17.5 Å². The smallest absolute Gasteiger partial charge is 0.255 e. The zero-order valence-electron chi connectivity index (χ0n) is 14.0. The summed E-state index contributed by atoms with van der Waals surface area (Å²) in [7, 11) is -3.83. The van der Waals surface area contributed by atoms with Crippen LogP contribution in [0.2, 0.25) is 0 Å². The van der Waals surface area contributed by atoms with Gasteiger partial charge in [0, 0.05) is 11.6 Å². The third-order valence-corrected chi connectivity index (χ3v) is 5.25. The molecule has 1 unspecified atom stereocenters. The molecule has 5 nitrogen and oxygen atoms in total. The Balaban J connectivity index is 2.27. The van der Waals surface area contributed by atoms with Crippen molar-refractivity contribution >= 4 is 21.6 Å². The second-order valence-corrected chi connectivity index (χ2v) is 7.35. The maximum atomic E-state index is 13.7. The summed E-state index contributed by atoms with van der Waals surface area (Å²) in [5.74, 6) is -5.50. The topological polar surface area (TPSA) is 75.3 Å². The van der Waals surface area contributed by atoms with E-state index in [2.05, 4.69) is 10.0 Å². The predicted molar refractivity (Wildman–Crippen MR) is 90.8 cm³/mol. The fraction of sp³-hybridized carbons (Fsp3) is 0.235. The number of halogens is 3. The van der Waals surface area contributed by atoms with E-state index in [-0.39, 0.29) is 16.5 Å². The minimum Gasteiger partial charge on any atom is -0.319 e. The first-order chi connectivity index (χ1) is 12.2. The lowest BCUT2D eigenvalue weighted by molar-refractivity contribution is 0.102. The van der Waals surface area contributed by atoms with E-state index in [0.29, 0.717) is 12.5 Å². The van der Waals surface area contributed by atoms with E-state index >= 15 is 0 Å². The van der Waals surface area contributed by atoms with Crippen LogP contribution in [0.1, 0.15) is 30.6 Å². The van der Waals surface area contributed by atoms with E-state index < -0.39 is 39.1 Å². The number of amides is 1. The molecule has 140 valence electrons. The lowest BCUT2D eigenvalue weighted by Gasteiger charge is -2.13. The Hall–Kier alpha value is -2.39. The Bertz CT molecular complexity index is 933. The Morgan fingerprint density at radius 3 is 2.46 bits per heavy atom. The summed E-state index contributed by atoms with van der Waals surface area (Å²) in [4.78, 5) is 12.1. The molecule has 0 heterocycles. The molecule has 0 aromatic heterocycles. The fourth-order valence-electron chi connectivity index (χ4n) is 2.04. The van der Waals surface area contributed by atoms with Gasteiger partial charge in [0.1, 0.15) is 0 Å². The van der Waals surface area contributed by atoms with E-state index in [1.807, 2.05) is 6.92 Å². The van der Waals surface area contributed by atoms with Gasteiger partial charge in [-0.25, -0.2) is 26.3 Å². The molecule has 2 aromatic carbocycles. The molecule has 2 N–H and O–H groups in total. The number of hydrogen-bond acceptors (Lipinski definition) is 3. The highest BCUT2D eigenvalue weighted by molar-refractivity contribution is 7.89. The molecule has 0 radical (unpaired) electrons. The summed E-state index contributed by atoms with van der Waals surface area (Å²) in [6.07, 6.45) is 0.578. The molecular weight excluding hydrogens is 369 g/mol. The first-order valence-corrected chi connectivity index (χ1v) is 9.21. The summed E-state index contributed by atoms with van der Waals surface area (Å²) >= 11 is 0. The van der Waals surface area contributed by atoms with Crippen molar-refractivity contribution in [1.29, 1.82) is 0 Å². The average molecular weight is 386 g/mol. The highest BCUT2D eigenvalue weighted by Gasteiger charge is 2.20. The molecule has 9 heteroatoms. The van der Waals surface area contributed by atoms with E-state index in [4.69, 9.17) is 0 Å². The van der Waals surface area contributed by atoms with Gasteiger partial charge in [0.2, 0.25) is 10.0 Å². The number of rotatable bonds is 6. The van der Waals surface area contributed by atoms with Crippen molar-refractivity contribution in [2.24, 2.45) is 0 Å². The standard InChI is InChI=1S/C17H17F3N2O3S/c1-3-10(2)22-26(24,25)12-6-4-5-11(9-12)17(23)21-14-8-7-13(18)15(19)16(14)20/h4-10,22H,3H2,1-2H3,(H,21,23). The molecule has 0 aliphatic rings. The molecule has 0 saturated carbocycles. The largest absolute Gasteiger partial charge is 0.319 e. The lowest BCUT2D eigenvalue weighted by Crippen LogP contribution is -2.32. The van der Waals surface area contributed by atoms with Gasteiger partial charge in [0.05, 0.1) is 10.6 Å². The van der Waals surface area contributed by atoms with Crippen molar-refractivity contribution < 1.29 is 26.4 Å². The van der Waals surface area contributed by atoms with E-state index in [9.17, 15) is 26.4 Å². The number of sulfonamides is 1. The fourth-order valence-corrected chi connectivity index (χ4v) is 3.41. The zero-order valence-corrected chi connectivity index (χ0v) is 14.8.